The van der Waals surface area contributed by atoms with Crippen molar-refractivity contribution in [2.24, 2.45) is 0 Å². The maximum absolute atomic E-state index is 5.00. The first-order valence-corrected chi connectivity index (χ1v) is 6.26. The third-order valence-electron chi connectivity index (χ3n) is 2.90. The lowest BCUT2D eigenvalue weighted by atomic mass is 10.1. The van der Waals surface area contributed by atoms with Crippen LogP contribution in [0.15, 0.2) is 47.0 Å². The molecule has 4 aromatic rings. The van der Waals surface area contributed by atoms with Gasteiger partial charge in [0.25, 0.3) is 0 Å². The van der Waals surface area contributed by atoms with Gasteiger partial charge in [-0.25, -0.2) is 0 Å². The summed E-state index contributed by atoms with van der Waals surface area (Å²) >= 11 is 1.51. The van der Waals surface area contributed by atoms with Crippen molar-refractivity contribution in [3.05, 3.63) is 42.5 Å². The van der Waals surface area contributed by atoms with Gasteiger partial charge >= 0.3 is 0 Å². The van der Waals surface area contributed by atoms with E-state index in [1.807, 2.05) is 30.3 Å². The Kier molecular flexibility index (Phi) is 1.95. The lowest BCUT2D eigenvalue weighted by molar-refractivity contribution is 0.424. The Labute approximate surface area is 106 Å². The molecule has 2 aromatic carbocycles. The number of benzene rings is 2. The van der Waals surface area contributed by atoms with Gasteiger partial charge < -0.3 is 4.52 Å². The van der Waals surface area contributed by atoms with Gasteiger partial charge in [0.15, 0.2) is 5.58 Å². The molecule has 0 amide bonds. The van der Waals surface area contributed by atoms with Gasteiger partial charge in [0.2, 0.25) is 0 Å². The molecule has 0 radical (unpaired) electrons. The van der Waals surface area contributed by atoms with E-state index in [0.717, 1.165) is 16.8 Å². The summed E-state index contributed by atoms with van der Waals surface area (Å²) in [6.07, 6.45) is 0. The molecule has 2 heterocycles. The Morgan fingerprint density at radius 2 is 2.00 bits per heavy atom. The van der Waals surface area contributed by atoms with Gasteiger partial charge in [-0.3, -0.25) is 0 Å². The monoisotopic (exact) mass is 253 g/mol. The molecule has 0 saturated carbocycles. The summed E-state index contributed by atoms with van der Waals surface area (Å²) in [6, 6.07) is 14.0. The van der Waals surface area contributed by atoms with Crippen LogP contribution >= 0.6 is 11.5 Å². The number of aromatic nitrogens is 3. The largest absolute Gasteiger partial charge is 0.337 e. The van der Waals surface area contributed by atoms with Crippen LogP contribution < -0.4 is 0 Å². The fourth-order valence-electron chi connectivity index (χ4n) is 2.02. The van der Waals surface area contributed by atoms with Crippen molar-refractivity contribution >= 4 is 32.7 Å². The topological polar surface area (TPSA) is 51.8 Å². The van der Waals surface area contributed by atoms with Gasteiger partial charge in [0.05, 0.1) is 10.4 Å². The van der Waals surface area contributed by atoms with E-state index >= 15 is 0 Å². The zero-order valence-corrected chi connectivity index (χ0v) is 10.0. The summed E-state index contributed by atoms with van der Waals surface area (Å²) in [4.78, 5) is 0. The number of rotatable bonds is 1. The average Bonchev–Trinajstić information content (AvgIpc) is 3.04. The Morgan fingerprint density at radius 3 is 3.00 bits per heavy atom. The minimum Gasteiger partial charge on any atom is -0.337 e. The molecule has 0 atom stereocenters. The standard InChI is InChI=1S/C13H7N3OS/c1-2-4-12-9(3-1)13(15-18-12)8-5-6-11-10(7-8)14-16-17-11/h1-7H. The number of hydrogen-bond donors (Lipinski definition) is 0. The summed E-state index contributed by atoms with van der Waals surface area (Å²) in [6.45, 7) is 0. The molecule has 0 aliphatic heterocycles. The molecule has 0 saturated heterocycles. The molecule has 0 unspecified atom stereocenters. The third kappa shape index (κ3) is 1.34. The van der Waals surface area contributed by atoms with Crippen LogP contribution in [-0.4, -0.2) is 14.7 Å². The van der Waals surface area contributed by atoms with Crippen molar-refractivity contribution < 1.29 is 4.52 Å². The van der Waals surface area contributed by atoms with Crippen molar-refractivity contribution in [3.8, 4) is 11.3 Å². The van der Waals surface area contributed by atoms with Crippen LogP contribution in [0.5, 0.6) is 0 Å². The van der Waals surface area contributed by atoms with E-state index in [9.17, 15) is 0 Å². The minimum atomic E-state index is 0.693. The minimum absolute atomic E-state index is 0.693. The van der Waals surface area contributed by atoms with Gasteiger partial charge in [-0.2, -0.15) is 4.37 Å². The zero-order chi connectivity index (χ0) is 11.9. The summed E-state index contributed by atoms with van der Waals surface area (Å²) in [7, 11) is 0. The molecule has 18 heavy (non-hydrogen) atoms. The van der Waals surface area contributed by atoms with Crippen molar-refractivity contribution in [2.45, 2.75) is 0 Å². The molecule has 0 aliphatic rings. The molecule has 0 spiro atoms. The quantitative estimate of drug-likeness (QED) is 0.521. The zero-order valence-electron chi connectivity index (χ0n) is 9.20. The molecular weight excluding hydrogens is 246 g/mol. The summed E-state index contributed by atoms with van der Waals surface area (Å²) in [5, 5.41) is 8.64. The maximum atomic E-state index is 5.00. The third-order valence-corrected chi connectivity index (χ3v) is 3.72. The van der Waals surface area contributed by atoms with Crippen LogP contribution in [0.2, 0.25) is 0 Å². The highest BCUT2D eigenvalue weighted by molar-refractivity contribution is 7.13. The Hall–Kier alpha value is -2.27. The molecule has 5 heteroatoms. The second-order valence-corrected chi connectivity index (χ2v) is 4.79. The summed E-state index contributed by atoms with van der Waals surface area (Å²) < 4.78 is 10.7. The highest BCUT2D eigenvalue weighted by Crippen LogP contribution is 2.31. The number of fused-ring (bicyclic) bond motifs is 2. The number of nitrogens with zero attached hydrogens (tertiary/aromatic N) is 3. The van der Waals surface area contributed by atoms with Crippen molar-refractivity contribution in [1.29, 1.82) is 0 Å². The van der Waals surface area contributed by atoms with Gasteiger partial charge in [0, 0.05) is 16.2 Å². The van der Waals surface area contributed by atoms with Crippen molar-refractivity contribution in [2.75, 3.05) is 0 Å². The Bertz CT molecular complexity index is 849. The van der Waals surface area contributed by atoms with Gasteiger partial charge in [0.1, 0.15) is 5.52 Å². The second-order valence-electron chi connectivity index (χ2n) is 3.98. The van der Waals surface area contributed by atoms with E-state index in [2.05, 4.69) is 26.9 Å². The smallest absolute Gasteiger partial charge is 0.187 e. The fraction of sp³-hybridized carbons (Fsp3) is 0. The molecule has 2 aromatic heterocycles. The van der Waals surface area contributed by atoms with Gasteiger partial charge in [-0.1, -0.05) is 18.2 Å². The SMILES string of the molecule is c1ccc2c(-c3ccc4onnc4c3)nsc2c1. The van der Waals surface area contributed by atoms with Crippen LogP contribution in [0, 0.1) is 0 Å². The fourth-order valence-corrected chi connectivity index (χ4v) is 2.82. The average molecular weight is 253 g/mol. The second kappa shape index (κ2) is 3.61. The van der Waals surface area contributed by atoms with Crippen LogP contribution in [0.3, 0.4) is 0 Å². The van der Waals surface area contributed by atoms with Gasteiger partial charge in [-0.15, -0.1) is 5.10 Å². The normalized spacial score (nSPS) is 11.3. The lowest BCUT2D eigenvalue weighted by Gasteiger charge is -1.97. The van der Waals surface area contributed by atoms with Crippen molar-refractivity contribution in [3.63, 3.8) is 0 Å². The van der Waals surface area contributed by atoms with Crippen molar-refractivity contribution in [1.82, 2.24) is 14.7 Å². The van der Waals surface area contributed by atoms with Crippen LogP contribution in [0.25, 0.3) is 32.4 Å². The first kappa shape index (κ1) is 9.73. The predicted octanol–water partition coefficient (Wildman–Crippen LogP) is 3.50. The van der Waals surface area contributed by atoms with Crippen LogP contribution in [0.1, 0.15) is 0 Å². The van der Waals surface area contributed by atoms with Crippen LogP contribution in [-0.2, 0) is 0 Å². The molecule has 0 aliphatic carbocycles. The molecular formula is C13H7N3OS. The molecule has 0 fully saturated rings. The molecule has 4 nitrogen and oxygen atoms in total. The van der Waals surface area contributed by atoms with E-state index in [1.165, 1.54) is 21.6 Å². The lowest BCUT2D eigenvalue weighted by Crippen LogP contribution is -1.78. The first-order valence-electron chi connectivity index (χ1n) is 5.49. The summed E-state index contributed by atoms with van der Waals surface area (Å²) in [5.74, 6) is 0. The predicted molar refractivity (Wildman–Crippen MR) is 70.4 cm³/mol. The highest BCUT2D eigenvalue weighted by atomic mass is 32.1. The summed E-state index contributed by atoms with van der Waals surface area (Å²) in [5.41, 5.74) is 3.47. The first-order chi connectivity index (χ1) is 8.92. The van der Waals surface area contributed by atoms with E-state index in [1.54, 1.807) is 0 Å². The molecule has 0 bridgehead atoms. The molecule has 86 valence electrons. The Morgan fingerprint density at radius 1 is 1.06 bits per heavy atom. The number of hydrogen-bond acceptors (Lipinski definition) is 5. The van der Waals surface area contributed by atoms with E-state index in [-0.39, 0.29) is 0 Å². The molecule has 0 N–H and O–H groups in total. The van der Waals surface area contributed by atoms with E-state index in [0.29, 0.717) is 5.58 Å². The van der Waals surface area contributed by atoms with Gasteiger partial charge in [-0.05, 0) is 35.8 Å². The Balaban J connectivity index is 2.00. The van der Waals surface area contributed by atoms with Crippen LogP contribution in [0.4, 0.5) is 0 Å². The highest BCUT2D eigenvalue weighted by Gasteiger charge is 2.09. The van der Waals surface area contributed by atoms with E-state index in [4.69, 9.17) is 4.52 Å². The molecule has 4 rings (SSSR count). The van der Waals surface area contributed by atoms with E-state index < -0.39 is 0 Å². The maximum Gasteiger partial charge on any atom is 0.187 e.